The van der Waals surface area contributed by atoms with Crippen LogP contribution in [0.15, 0.2) is 35.1 Å². The number of ether oxygens (including phenoxy) is 2. The first-order valence-corrected chi connectivity index (χ1v) is 10.4. The second-order valence-corrected chi connectivity index (χ2v) is 7.70. The van der Waals surface area contributed by atoms with E-state index in [0.717, 1.165) is 24.8 Å². The third kappa shape index (κ3) is 3.26. The van der Waals surface area contributed by atoms with Gasteiger partial charge >= 0.3 is 0 Å². The third-order valence-electron chi connectivity index (χ3n) is 5.80. The van der Waals surface area contributed by atoms with E-state index >= 15 is 0 Å². The standard InChI is InChI=1S/C23H23ClN4O2/c1-3-29-19-9-16(18(24)10-20(19)30-4-2)21-15-8-6-5-7-14(15)17(11-25)22(28)23(21,12-26)13-27/h7,9-10,15,21H,3-6,8,28H2,1-2H3/t15-,21-/m1/s1. The van der Waals surface area contributed by atoms with Gasteiger partial charge in [-0.05, 0) is 56.2 Å². The van der Waals surface area contributed by atoms with E-state index in [0.29, 0.717) is 35.3 Å². The van der Waals surface area contributed by atoms with Crippen LogP contribution >= 0.6 is 11.6 Å². The smallest absolute Gasteiger partial charge is 0.191 e. The number of benzene rings is 1. The molecule has 30 heavy (non-hydrogen) atoms. The van der Waals surface area contributed by atoms with Crippen LogP contribution in [-0.4, -0.2) is 13.2 Å². The SMILES string of the molecule is CCOc1cc(Cl)c([C@H]2[C@@H]3CCCC=C3C(C#N)=C(N)C2(C#N)C#N)cc1OCC. The zero-order chi connectivity index (χ0) is 21.9. The molecule has 0 unspecified atom stereocenters. The Labute approximate surface area is 181 Å². The summed E-state index contributed by atoms with van der Waals surface area (Å²) >= 11 is 6.67. The van der Waals surface area contributed by atoms with Crippen LogP contribution in [-0.2, 0) is 0 Å². The number of rotatable bonds is 5. The average Bonchev–Trinajstić information content (AvgIpc) is 2.75. The molecule has 2 N–H and O–H groups in total. The van der Waals surface area contributed by atoms with Crippen LogP contribution in [0, 0.1) is 45.3 Å². The minimum Gasteiger partial charge on any atom is -0.490 e. The van der Waals surface area contributed by atoms with Gasteiger partial charge in [0.2, 0.25) is 0 Å². The molecule has 2 atom stereocenters. The van der Waals surface area contributed by atoms with E-state index in [-0.39, 0.29) is 17.2 Å². The summed E-state index contributed by atoms with van der Waals surface area (Å²) in [5, 5.41) is 30.4. The van der Waals surface area contributed by atoms with E-state index in [2.05, 4.69) is 18.2 Å². The van der Waals surface area contributed by atoms with Gasteiger partial charge in [-0.25, -0.2) is 0 Å². The van der Waals surface area contributed by atoms with Crippen LogP contribution < -0.4 is 15.2 Å². The van der Waals surface area contributed by atoms with Gasteiger partial charge in [0.25, 0.3) is 0 Å². The Kier molecular flexibility index (Phi) is 6.25. The highest BCUT2D eigenvalue weighted by Gasteiger charge is 2.54. The van der Waals surface area contributed by atoms with E-state index in [1.807, 2.05) is 19.9 Å². The van der Waals surface area contributed by atoms with Gasteiger partial charge in [-0.1, -0.05) is 17.7 Å². The quantitative estimate of drug-likeness (QED) is 0.733. The molecule has 2 aliphatic carbocycles. The van der Waals surface area contributed by atoms with Crippen LogP contribution in [0.4, 0.5) is 0 Å². The van der Waals surface area contributed by atoms with Crippen molar-refractivity contribution in [3.8, 4) is 29.7 Å². The van der Waals surface area contributed by atoms with Gasteiger partial charge in [0.1, 0.15) is 6.07 Å². The fourth-order valence-corrected chi connectivity index (χ4v) is 4.81. The fourth-order valence-electron chi connectivity index (χ4n) is 4.54. The molecule has 0 spiro atoms. The summed E-state index contributed by atoms with van der Waals surface area (Å²) in [4.78, 5) is 0. The fraction of sp³-hybridized carbons (Fsp3) is 0.435. The molecule has 1 aromatic rings. The molecule has 3 rings (SSSR count). The first kappa shape index (κ1) is 21.6. The van der Waals surface area contributed by atoms with Crippen molar-refractivity contribution < 1.29 is 9.47 Å². The number of allylic oxidation sites excluding steroid dienone is 4. The van der Waals surface area contributed by atoms with Crippen molar-refractivity contribution >= 4 is 11.6 Å². The number of nitriles is 3. The Morgan fingerprint density at radius 2 is 1.77 bits per heavy atom. The molecule has 0 bridgehead atoms. The summed E-state index contributed by atoms with van der Waals surface area (Å²) in [6.45, 7) is 4.59. The number of nitrogens with two attached hydrogens (primary N) is 1. The van der Waals surface area contributed by atoms with E-state index in [9.17, 15) is 15.8 Å². The van der Waals surface area contributed by atoms with Crippen LogP contribution in [0.25, 0.3) is 0 Å². The van der Waals surface area contributed by atoms with Crippen molar-refractivity contribution in [1.82, 2.24) is 0 Å². The summed E-state index contributed by atoms with van der Waals surface area (Å²) in [5.74, 6) is 0.158. The number of halogens is 1. The molecule has 0 radical (unpaired) electrons. The Balaban J connectivity index is 2.32. The first-order valence-electron chi connectivity index (χ1n) is 10.0. The van der Waals surface area contributed by atoms with Crippen molar-refractivity contribution in [3.05, 3.63) is 45.6 Å². The van der Waals surface area contributed by atoms with Crippen molar-refractivity contribution in [1.29, 1.82) is 15.8 Å². The van der Waals surface area contributed by atoms with Crippen LogP contribution in [0.2, 0.25) is 5.02 Å². The Morgan fingerprint density at radius 1 is 1.13 bits per heavy atom. The van der Waals surface area contributed by atoms with Crippen molar-refractivity contribution in [2.75, 3.05) is 13.2 Å². The summed E-state index contributed by atoms with van der Waals surface area (Å²) in [6, 6.07) is 9.80. The second kappa shape index (κ2) is 8.70. The van der Waals surface area contributed by atoms with Crippen LogP contribution in [0.5, 0.6) is 11.5 Å². The topological polar surface area (TPSA) is 116 Å². The molecule has 0 aliphatic heterocycles. The zero-order valence-electron chi connectivity index (χ0n) is 17.0. The Bertz CT molecular complexity index is 1020. The molecule has 6 nitrogen and oxygen atoms in total. The highest BCUT2D eigenvalue weighted by atomic mass is 35.5. The normalized spacial score (nSPS) is 22.1. The zero-order valence-corrected chi connectivity index (χ0v) is 17.8. The summed E-state index contributed by atoms with van der Waals surface area (Å²) in [6.07, 6.45) is 4.44. The molecule has 0 aromatic heterocycles. The minimum atomic E-state index is -1.70. The van der Waals surface area contributed by atoms with Gasteiger partial charge in [-0.15, -0.1) is 0 Å². The lowest BCUT2D eigenvalue weighted by Gasteiger charge is -2.43. The predicted octanol–water partition coefficient (Wildman–Crippen LogP) is 4.73. The van der Waals surface area contributed by atoms with Crippen LogP contribution in [0.1, 0.15) is 44.6 Å². The van der Waals surface area contributed by atoms with E-state index in [1.54, 1.807) is 12.1 Å². The van der Waals surface area contributed by atoms with Crippen molar-refractivity contribution in [3.63, 3.8) is 0 Å². The summed E-state index contributed by atoms with van der Waals surface area (Å²) in [7, 11) is 0. The Hall–Kier alpha value is -3.14. The first-order chi connectivity index (χ1) is 14.5. The van der Waals surface area contributed by atoms with Crippen molar-refractivity contribution in [2.24, 2.45) is 17.1 Å². The van der Waals surface area contributed by atoms with Gasteiger partial charge in [-0.3, -0.25) is 0 Å². The monoisotopic (exact) mass is 422 g/mol. The maximum Gasteiger partial charge on any atom is 0.191 e. The molecule has 1 aromatic carbocycles. The molecule has 0 amide bonds. The lowest BCUT2D eigenvalue weighted by atomic mass is 9.56. The third-order valence-corrected chi connectivity index (χ3v) is 6.12. The van der Waals surface area contributed by atoms with Gasteiger partial charge in [0, 0.05) is 17.0 Å². The lowest BCUT2D eigenvalue weighted by molar-refractivity contribution is 0.284. The number of nitrogens with zero attached hydrogens (tertiary/aromatic N) is 3. The molecular formula is C23H23ClN4O2. The molecule has 0 heterocycles. The van der Waals surface area contributed by atoms with E-state index in [4.69, 9.17) is 26.8 Å². The van der Waals surface area contributed by atoms with E-state index < -0.39 is 11.3 Å². The maximum absolute atomic E-state index is 10.1. The number of fused-ring (bicyclic) bond motifs is 1. The van der Waals surface area contributed by atoms with Gasteiger partial charge in [0.15, 0.2) is 16.9 Å². The summed E-state index contributed by atoms with van der Waals surface area (Å²) < 4.78 is 11.4. The van der Waals surface area contributed by atoms with Gasteiger partial charge < -0.3 is 15.2 Å². The average molecular weight is 423 g/mol. The number of hydrogen-bond acceptors (Lipinski definition) is 6. The maximum atomic E-state index is 10.1. The highest BCUT2D eigenvalue weighted by Crippen LogP contribution is 2.57. The second-order valence-electron chi connectivity index (χ2n) is 7.29. The molecule has 0 saturated heterocycles. The van der Waals surface area contributed by atoms with Gasteiger partial charge in [0.05, 0.1) is 36.6 Å². The number of hydrogen-bond donors (Lipinski definition) is 1. The van der Waals surface area contributed by atoms with E-state index in [1.165, 1.54) is 0 Å². The minimum absolute atomic E-state index is 0.00712. The molecule has 0 fully saturated rings. The molecule has 7 heteroatoms. The highest BCUT2D eigenvalue weighted by molar-refractivity contribution is 6.31. The largest absolute Gasteiger partial charge is 0.490 e. The molecule has 0 saturated carbocycles. The lowest BCUT2D eigenvalue weighted by Crippen LogP contribution is -2.42. The van der Waals surface area contributed by atoms with Gasteiger partial charge in [-0.2, -0.15) is 15.8 Å². The molecule has 2 aliphatic rings. The Morgan fingerprint density at radius 3 is 2.33 bits per heavy atom. The molecule has 154 valence electrons. The predicted molar refractivity (Wildman–Crippen MR) is 112 cm³/mol. The van der Waals surface area contributed by atoms with Crippen molar-refractivity contribution in [2.45, 2.75) is 39.0 Å². The summed E-state index contributed by atoms with van der Waals surface area (Å²) in [5.41, 5.74) is 6.25. The van der Waals surface area contributed by atoms with Crippen LogP contribution in [0.3, 0.4) is 0 Å². The molecular weight excluding hydrogens is 400 g/mol.